The minimum absolute atomic E-state index is 0.0249. The Morgan fingerprint density at radius 1 is 1.00 bits per heavy atom. The number of alkyl halides is 3. The molecule has 2 heterocycles. The molecule has 196 valence electrons. The molecule has 0 unspecified atom stereocenters. The highest BCUT2D eigenvalue weighted by molar-refractivity contribution is 5.94. The maximum Gasteiger partial charge on any atom is 0.419 e. The van der Waals surface area contributed by atoms with E-state index in [1.54, 1.807) is 0 Å². The van der Waals surface area contributed by atoms with Crippen LogP contribution in [0.3, 0.4) is 0 Å². The van der Waals surface area contributed by atoms with E-state index in [4.69, 9.17) is 9.63 Å². The number of phenols is 1. The molecule has 2 N–H and O–H groups in total. The van der Waals surface area contributed by atoms with Gasteiger partial charge in [-0.25, -0.2) is 18.7 Å². The van der Waals surface area contributed by atoms with Crippen LogP contribution in [0.5, 0.6) is 5.75 Å². The highest BCUT2D eigenvalue weighted by Gasteiger charge is 2.52. The van der Waals surface area contributed by atoms with Gasteiger partial charge < -0.3 is 14.9 Å². The predicted octanol–water partition coefficient (Wildman–Crippen LogP) is 4.69. The summed E-state index contributed by atoms with van der Waals surface area (Å²) in [6.45, 7) is 0.153. The molecule has 0 saturated heterocycles. The van der Waals surface area contributed by atoms with Gasteiger partial charge in [0.2, 0.25) is 23.4 Å². The minimum Gasteiger partial charge on any atom is -0.503 e. The molecule has 2 aromatic heterocycles. The third kappa shape index (κ3) is 4.37. The average molecular weight is 527 g/mol. The van der Waals surface area contributed by atoms with Gasteiger partial charge in [0.25, 0.3) is 5.91 Å². The van der Waals surface area contributed by atoms with Crippen molar-refractivity contribution >= 4 is 5.91 Å². The van der Waals surface area contributed by atoms with Crippen LogP contribution in [0.15, 0.2) is 23.0 Å². The first-order valence-corrected chi connectivity index (χ1v) is 11.3. The highest BCUT2D eigenvalue weighted by Crippen LogP contribution is 2.57. The number of carbonyl (C=O) groups is 1. The second-order valence-corrected chi connectivity index (χ2v) is 9.56. The molecule has 8 nitrogen and oxygen atoms in total. The van der Waals surface area contributed by atoms with Crippen molar-refractivity contribution in [2.24, 2.45) is 5.41 Å². The van der Waals surface area contributed by atoms with Crippen LogP contribution in [0.2, 0.25) is 0 Å². The fraction of sp³-hybridized carbons (Fsp3) is 0.435. The summed E-state index contributed by atoms with van der Waals surface area (Å²) in [6.07, 6.45) is 0.508. The lowest BCUT2D eigenvalue weighted by Gasteiger charge is -2.51. The number of nitrogens with zero attached hydrogens (tertiary/aromatic N) is 4. The maximum atomic E-state index is 14.0. The van der Waals surface area contributed by atoms with Gasteiger partial charge in [0, 0.05) is 24.4 Å². The van der Waals surface area contributed by atoms with E-state index in [0.717, 1.165) is 0 Å². The topological polar surface area (TPSA) is 114 Å². The number of nitrogens with one attached hydrogen (secondary N) is 1. The largest absolute Gasteiger partial charge is 0.503 e. The van der Waals surface area contributed by atoms with Crippen molar-refractivity contribution in [3.63, 3.8) is 0 Å². The predicted molar refractivity (Wildman–Crippen MR) is 112 cm³/mol. The van der Waals surface area contributed by atoms with Crippen molar-refractivity contribution in [1.82, 2.24) is 25.4 Å². The Labute approximate surface area is 205 Å². The normalized spacial score (nSPS) is 23.3. The van der Waals surface area contributed by atoms with Crippen molar-refractivity contribution in [2.75, 3.05) is 6.54 Å². The Hall–Kier alpha value is -3.71. The number of fused-ring (bicyclic) bond motifs is 3. The van der Waals surface area contributed by atoms with Gasteiger partial charge in [0.15, 0.2) is 17.4 Å². The van der Waals surface area contributed by atoms with Crippen LogP contribution < -0.4 is 5.32 Å². The number of phenolic OH excluding ortho intramolecular Hbond substituents is 1. The van der Waals surface area contributed by atoms with E-state index in [1.165, 1.54) is 0 Å². The lowest BCUT2D eigenvalue weighted by molar-refractivity contribution is -0.138. The molecule has 0 atom stereocenters. The summed E-state index contributed by atoms with van der Waals surface area (Å²) in [5, 5.41) is 15.5. The first-order valence-electron chi connectivity index (χ1n) is 11.3. The van der Waals surface area contributed by atoms with Gasteiger partial charge in [0.1, 0.15) is 0 Å². The van der Waals surface area contributed by atoms with Crippen LogP contribution in [-0.2, 0) is 11.6 Å². The molecule has 6 rings (SSSR count). The van der Waals surface area contributed by atoms with Crippen LogP contribution >= 0.6 is 0 Å². The fourth-order valence-electron chi connectivity index (χ4n) is 5.08. The number of rotatable bonds is 5. The molecular formula is C23H19F6N5O3. The number of hydrogen-bond acceptors (Lipinski definition) is 7. The van der Waals surface area contributed by atoms with Gasteiger partial charge in [-0.2, -0.15) is 22.5 Å². The summed E-state index contributed by atoms with van der Waals surface area (Å²) in [5.74, 6) is -7.18. The van der Waals surface area contributed by atoms with Gasteiger partial charge in [-0.3, -0.25) is 4.79 Å². The van der Waals surface area contributed by atoms with E-state index in [2.05, 4.69) is 25.4 Å². The van der Waals surface area contributed by atoms with Gasteiger partial charge in [-0.15, -0.1) is 0 Å². The smallest absolute Gasteiger partial charge is 0.419 e. The Morgan fingerprint density at radius 2 is 1.62 bits per heavy atom. The molecule has 1 aromatic carbocycles. The summed E-state index contributed by atoms with van der Waals surface area (Å²) < 4.78 is 84.9. The molecule has 2 bridgehead atoms. The van der Waals surface area contributed by atoms with E-state index in [0.29, 0.717) is 62.9 Å². The maximum absolute atomic E-state index is 14.0. The summed E-state index contributed by atoms with van der Waals surface area (Å²) in [7, 11) is 0. The van der Waals surface area contributed by atoms with Gasteiger partial charge >= 0.3 is 6.18 Å². The molecule has 3 aliphatic rings. The fourth-order valence-corrected chi connectivity index (χ4v) is 5.08. The lowest BCUT2D eigenvalue weighted by Crippen LogP contribution is -2.49. The number of carbonyl (C=O) groups excluding carboxylic acids is 1. The molecule has 0 radical (unpaired) electrons. The van der Waals surface area contributed by atoms with Gasteiger partial charge in [0.05, 0.1) is 11.1 Å². The summed E-state index contributed by atoms with van der Waals surface area (Å²) >= 11 is 0. The zero-order valence-electron chi connectivity index (χ0n) is 19.0. The minimum atomic E-state index is -4.57. The zero-order chi connectivity index (χ0) is 26.6. The van der Waals surface area contributed by atoms with Crippen LogP contribution in [0.25, 0.3) is 11.6 Å². The zero-order valence-corrected chi connectivity index (χ0v) is 19.0. The van der Waals surface area contributed by atoms with E-state index in [1.807, 2.05) is 0 Å². The van der Waals surface area contributed by atoms with Crippen LogP contribution in [0, 0.1) is 22.9 Å². The second kappa shape index (κ2) is 8.70. The number of aromatic nitrogens is 4. The second-order valence-electron chi connectivity index (χ2n) is 9.56. The molecule has 14 heteroatoms. The Bertz CT molecular complexity index is 1330. The molecule has 3 aliphatic carbocycles. The van der Waals surface area contributed by atoms with Crippen LogP contribution in [0.4, 0.5) is 26.3 Å². The quantitative estimate of drug-likeness (QED) is 0.366. The Balaban J connectivity index is 1.24. The van der Waals surface area contributed by atoms with Crippen LogP contribution in [0.1, 0.15) is 60.3 Å². The SMILES string of the molecule is O=C(NC[C@]12CC[C@](c3nc(-c4ncc(C(F)(F)F)cn4)no3)(CC1)CC2)c1cc(F)c(O)c(F)c1F. The summed E-state index contributed by atoms with van der Waals surface area (Å²) in [5.41, 5.74) is -2.60. The first-order chi connectivity index (χ1) is 17.4. The van der Waals surface area contributed by atoms with Crippen molar-refractivity contribution in [1.29, 1.82) is 0 Å². The number of amides is 1. The monoisotopic (exact) mass is 527 g/mol. The van der Waals surface area contributed by atoms with Crippen molar-refractivity contribution in [2.45, 2.75) is 50.1 Å². The Morgan fingerprint density at radius 3 is 2.22 bits per heavy atom. The van der Waals surface area contributed by atoms with Crippen molar-refractivity contribution < 1.29 is 40.8 Å². The average Bonchev–Trinajstić information content (AvgIpc) is 3.40. The molecular weight excluding hydrogens is 508 g/mol. The first kappa shape index (κ1) is 25.0. The van der Waals surface area contributed by atoms with Crippen molar-refractivity contribution in [3.8, 4) is 17.4 Å². The number of aromatic hydroxyl groups is 1. The van der Waals surface area contributed by atoms with E-state index < -0.39 is 51.8 Å². The Kier molecular flexibility index (Phi) is 5.87. The molecule has 0 spiro atoms. The number of halogens is 6. The van der Waals surface area contributed by atoms with Crippen molar-refractivity contribution in [3.05, 3.63) is 52.9 Å². The number of benzene rings is 1. The van der Waals surface area contributed by atoms with E-state index in [9.17, 15) is 31.1 Å². The standard InChI is InChI=1S/C23H19F6N5O3/c24-13-7-12(14(25)15(26)16(13)35)19(36)32-10-21-1-4-22(5-2-21,6-3-21)20-33-18(34-37-20)17-30-8-11(9-31-17)23(27,28)29/h7-9,35H,1-6,10H2,(H,32,36)/t21-,22+. The molecule has 1 amide bonds. The molecule has 37 heavy (non-hydrogen) atoms. The van der Waals surface area contributed by atoms with Gasteiger partial charge in [-0.1, -0.05) is 5.16 Å². The molecule has 3 saturated carbocycles. The third-order valence-electron chi connectivity index (χ3n) is 7.46. The molecule has 0 aliphatic heterocycles. The van der Waals surface area contributed by atoms with E-state index >= 15 is 0 Å². The lowest BCUT2D eigenvalue weighted by atomic mass is 9.53. The molecule has 3 fully saturated rings. The highest BCUT2D eigenvalue weighted by atomic mass is 19.4. The summed E-state index contributed by atoms with van der Waals surface area (Å²) in [4.78, 5) is 24.1. The summed E-state index contributed by atoms with van der Waals surface area (Å²) in [6, 6.07) is 0.445. The molecule has 3 aromatic rings. The number of hydrogen-bond donors (Lipinski definition) is 2. The van der Waals surface area contributed by atoms with Crippen LogP contribution in [-0.4, -0.2) is 37.7 Å². The van der Waals surface area contributed by atoms with E-state index in [-0.39, 0.29) is 23.6 Å². The third-order valence-corrected chi connectivity index (χ3v) is 7.46. The van der Waals surface area contributed by atoms with Gasteiger partial charge in [-0.05, 0) is 50.0 Å².